The quantitative estimate of drug-likeness (QED) is 0.609. The van der Waals surface area contributed by atoms with Crippen LogP contribution in [0.3, 0.4) is 0 Å². The summed E-state index contributed by atoms with van der Waals surface area (Å²) in [5, 5.41) is 3.61. The van der Waals surface area contributed by atoms with Gasteiger partial charge in [-0.05, 0) is 12.3 Å². The Hall–Kier alpha value is -0.530. The van der Waals surface area contributed by atoms with Gasteiger partial charge in [0.25, 0.3) is 0 Å². The highest BCUT2D eigenvalue weighted by Gasteiger charge is 2.15. The SMILES string of the molecule is C[N]C(=O)CCC1CCCC1. The van der Waals surface area contributed by atoms with Crippen LogP contribution < -0.4 is 5.32 Å². The summed E-state index contributed by atoms with van der Waals surface area (Å²) >= 11 is 0. The standard InChI is InChI=1S/C9H16NO/c1-10-9(11)7-6-8-4-2-3-5-8/h8H,2-7H2,1H3. The van der Waals surface area contributed by atoms with E-state index < -0.39 is 0 Å². The smallest absolute Gasteiger partial charge is 0.240 e. The molecule has 0 bridgehead atoms. The van der Waals surface area contributed by atoms with E-state index >= 15 is 0 Å². The van der Waals surface area contributed by atoms with E-state index in [2.05, 4.69) is 5.32 Å². The van der Waals surface area contributed by atoms with E-state index in [0.29, 0.717) is 6.42 Å². The van der Waals surface area contributed by atoms with E-state index in [1.165, 1.54) is 25.7 Å². The number of carbonyl (C=O) groups excluding carboxylic acids is 1. The molecule has 1 rings (SSSR count). The van der Waals surface area contributed by atoms with Gasteiger partial charge >= 0.3 is 0 Å². The average Bonchev–Trinajstić information content (AvgIpc) is 2.52. The first-order valence-corrected chi connectivity index (χ1v) is 4.45. The molecule has 63 valence electrons. The molecule has 2 heteroatoms. The molecule has 0 heterocycles. The van der Waals surface area contributed by atoms with Crippen molar-refractivity contribution in [2.75, 3.05) is 7.05 Å². The van der Waals surface area contributed by atoms with E-state index in [9.17, 15) is 4.79 Å². The molecule has 0 atom stereocenters. The molecule has 11 heavy (non-hydrogen) atoms. The largest absolute Gasteiger partial charge is 0.273 e. The van der Waals surface area contributed by atoms with Crippen molar-refractivity contribution in [2.45, 2.75) is 38.5 Å². The number of nitrogens with zero attached hydrogens (tertiary/aromatic N) is 1. The molecule has 0 unspecified atom stereocenters. The normalized spacial score (nSPS) is 18.6. The fourth-order valence-electron chi connectivity index (χ4n) is 1.74. The van der Waals surface area contributed by atoms with Gasteiger partial charge in [-0.2, -0.15) is 0 Å². The topological polar surface area (TPSA) is 31.2 Å². The summed E-state index contributed by atoms with van der Waals surface area (Å²) in [5.74, 6) is 0.887. The van der Waals surface area contributed by atoms with Gasteiger partial charge < -0.3 is 0 Å². The molecule has 1 radical (unpaired) electrons. The van der Waals surface area contributed by atoms with Gasteiger partial charge in [-0.3, -0.25) is 10.1 Å². The minimum atomic E-state index is 0.0666. The van der Waals surface area contributed by atoms with Gasteiger partial charge in [0.15, 0.2) is 0 Å². The summed E-state index contributed by atoms with van der Waals surface area (Å²) in [6, 6.07) is 0. The summed E-state index contributed by atoms with van der Waals surface area (Å²) in [4.78, 5) is 10.8. The Morgan fingerprint density at radius 1 is 1.45 bits per heavy atom. The summed E-state index contributed by atoms with van der Waals surface area (Å²) < 4.78 is 0. The number of hydrogen-bond acceptors (Lipinski definition) is 1. The maximum absolute atomic E-state index is 10.8. The van der Waals surface area contributed by atoms with Crippen molar-refractivity contribution in [3.05, 3.63) is 0 Å². The summed E-state index contributed by atoms with van der Waals surface area (Å²) in [5.41, 5.74) is 0. The third-order valence-corrected chi connectivity index (χ3v) is 2.49. The van der Waals surface area contributed by atoms with Gasteiger partial charge in [0.05, 0.1) is 0 Å². The van der Waals surface area contributed by atoms with Crippen LogP contribution in [0.15, 0.2) is 0 Å². The van der Waals surface area contributed by atoms with Crippen molar-refractivity contribution in [1.29, 1.82) is 0 Å². The molecule has 1 aliphatic rings. The minimum absolute atomic E-state index is 0.0666. The van der Waals surface area contributed by atoms with E-state index in [0.717, 1.165) is 12.3 Å². The van der Waals surface area contributed by atoms with Crippen molar-refractivity contribution in [3.63, 3.8) is 0 Å². The number of amides is 1. The zero-order valence-corrected chi connectivity index (χ0v) is 7.18. The van der Waals surface area contributed by atoms with Crippen LogP contribution in [-0.2, 0) is 4.79 Å². The predicted octanol–water partition coefficient (Wildman–Crippen LogP) is 1.72. The average molecular weight is 154 g/mol. The third-order valence-electron chi connectivity index (χ3n) is 2.49. The predicted molar refractivity (Wildman–Crippen MR) is 44.3 cm³/mol. The van der Waals surface area contributed by atoms with E-state index in [1.807, 2.05) is 0 Å². The lowest BCUT2D eigenvalue weighted by molar-refractivity contribution is -0.121. The van der Waals surface area contributed by atoms with Crippen LogP contribution in [0, 0.1) is 5.92 Å². The Morgan fingerprint density at radius 3 is 2.64 bits per heavy atom. The first kappa shape index (κ1) is 8.57. The van der Waals surface area contributed by atoms with Crippen LogP contribution in [0.5, 0.6) is 0 Å². The molecule has 0 aromatic rings. The minimum Gasteiger partial charge on any atom is -0.273 e. The lowest BCUT2D eigenvalue weighted by atomic mass is 10.0. The van der Waals surface area contributed by atoms with Crippen molar-refractivity contribution in [3.8, 4) is 0 Å². The van der Waals surface area contributed by atoms with Gasteiger partial charge in [0, 0.05) is 13.5 Å². The second-order valence-electron chi connectivity index (χ2n) is 3.31. The summed E-state index contributed by atoms with van der Waals surface area (Å²) in [6.07, 6.45) is 7.12. The lowest BCUT2D eigenvalue weighted by Crippen LogP contribution is -2.11. The maximum Gasteiger partial charge on any atom is 0.240 e. The Kier molecular flexibility index (Phi) is 3.40. The molecule has 2 nitrogen and oxygen atoms in total. The fraction of sp³-hybridized carbons (Fsp3) is 0.889. The van der Waals surface area contributed by atoms with Crippen LogP contribution in [0.4, 0.5) is 0 Å². The van der Waals surface area contributed by atoms with Crippen molar-refractivity contribution in [2.24, 2.45) is 5.92 Å². The molecule has 1 fully saturated rings. The molecule has 1 amide bonds. The number of carbonyl (C=O) groups is 1. The van der Waals surface area contributed by atoms with Crippen molar-refractivity contribution >= 4 is 5.91 Å². The summed E-state index contributed by atoms with van der Waals surface area (Å²) in [7, 11) is 1.58. The van der Waals surface area contributed by atoms with Crippen LogP contribution in [0.1, 0.15) is 38.5 Å². The van der Waals surface area contributed by atoms with Crippen molar-refractivity contribution < 1.29 is 4.79 Å². The van der Waals surface area contributed by atoms with E-state index in [-0.39, 0.29) is 5.91 Å². The number of hydrogen-bond donors (Lipinski definition) is 0. The molecule has 1 aliphatic carbocycles. The first-order chi connectivity index (χ1) is 5.33. The lowest BCUT2D eigenvalue weighted by Gasteiger charge is -2.05. The van der Waals surface area contributed by atoms with Gasteiger partial charge in [-0.1, -0.05) is 25.7 Å². The molecule has 0 N–H and O–H groups in total. The second-order valence-corrected chi connectivity index (χ2v) is 3.31. The highest BCUT2D eigenvalue weighted by molar-refractivity contribution is 5.75. The van der Waals surface area contributed by atoms with Gasteiger partial charge in [-0.15, -0.1) is 0 Å². The van der Waals surface area contributed by atoms with Crippen LogP contribution >= 0.6 is 0 Å². The highest BCUT2D eigenvalue weighted by atomic mass is 16.1. The van der Waals surface area contributed by atoms with E-state index in [4.69, 9.17) is 0 Å². The Labute approximate surface area is 68.4 Å². The van der Waals surface area contributed by atoms with Crippen LogP contribution in [0.25, 0.3) is 0 Å². The molecule has 0 saturated heterocycles. The molecule has 0 aromatic carbocycles. The monoisotopic (exact) mass is 154 g/mol. The molecule has 0 aliphatic heterocycles. The van der Waals surface area contributed by atoms with Gasteiger partial charge in [0.2, 0.25) is 5.91 Å². The van der Waals surface area contributed by atoms with Crippen LogP contribution in [-0.4, -0.2) is 13.0 Å². The number of rotatable bonds is 3. The molecular weight excluding hydrogens is 138 g/mol. The Bertz CT molecular complexity index is 128. The Balaban J connectivity index is 2.06. The molecular formula is C9H16NO. The van der Waals surface area contributed by atoms with Gasteiger partial charge in [-0.25, -0.2) is 0 Å². The van der Waals surface area contributed by atoms with Crippen molar-refractivity contribution in [1.82, 2.24) is 5.32 Å². The first-order valence-electron chi connectivity index (χ1n) is 4.45. The maximum atomic E-state index is 10.8. The Morgan fingerprint density at radius 2 is 2.09 bits per heavy atom. The summed E-state index contributed by atoms with van der Waals surface area (Å²) in [6.45, 7) is 0. The van der Waals surface area contributed by atoms with E-state index in [1.54, 1.807) is 7.05 Å². The zero-order chi connectivity index (χ0) is 8.10. The zero-order valence-electron chi connectivity index (χ0n) is 7.18. The molecule has 0 spiro atoms. The fourth-order valence-corrected chi connectivity index (χ4v) is 1.74. The highest BCUT2D eigenvalue weighted by Crippen LogP contribution is 2.28. The molecule has 1 saturated carbocycles. The van der Waals surface area contributed by atoms with Crippen LogP contribution in [0.2, 0.25) is 0 Å². The third kappa shape index (κ3) is 2.91. The second kappa shape index (κ2) is 4.37. The molecule has 0 aromatic heterocycles. The van der Waals surface area contributed by atoms with Gasteiger partial charge in [0.1, 0.15) is 0 Å².